The molecular formula is C61H103IN10O24. The Morgan fingerprint density at radius 3 is 1.16 bits per heavy atom. The van der Waals surface area contributed by atoms with Gasteiger partial charge in [-0.3, -0.25) is 47.9 Å². The summed E-state index contributed by atoms with van der Waals surface area (Å²) in [7, 11) is 0. The summed E-state index contributed by atoms with van der Waals surface area (Å²) in [6.07, 6.45) is 12.1. The summed E-state index contributed by atoms with van der Waals surface area (Å²) in [5.74, 6) is -12.3. The molecule has 0 spiro atoms. The van der Waals surface area contributed by atoms with E-state index in [-0.39, 0.29) is 123 Å². The van der Waals surface area contributed by atoms with Gasteiger partial charge in [-0.1, -0.05) is 77.0 Å². The lowest BCUT2D eigenvalue weighted by Crippen LogP contribution is -2.56. The molecule has 0 aromatic carbocycles. The molecule has 96 heavy (non-hydrogen) atoms. The van der Waals surface area contributed by atoms with Crippen molar-refractivity contribution in [2.45, 2.75) is 222 Å². The van der Waals surface area contributed by atoms with Crippen molar-refractivity contribution >= 4 is 106 Å². The van der Waals surface area contributed by atoms with Crippen LogP contribution in [0.15, 0.2) is 0 Å². The second-order valence-corrected chi connectivity index (χ2v) is 24.0. The third kappa shape index (κ3) is 42.6. The molecule has 35 heteroatoms. The molecule has 1 saturated carbocycles. The normalized spacial score (nSPS) is 15.8. The molecule has 34 nitrogen and oxygen atoms in total. The largest absolute Gasteiger partial charge is 0.481 e. The molecule has 0 aromatic heterocycles. The quantitative estimate of drug-likeness (QED) is 0.0216. The summed E-state index contributed by atoms with van der Waals surface area (Å²) in [5, 5.41) is 76.4. The molecule has 1 rings (SSSR count). The first-order valence-corrected chi connectivity index (χ1v) is 33.9. The van der Waals surface area contributed by atoms with Gasteiger partial charge >= 0.3 is 29.8 Å². The highest BCUT2D eigenvalue weighted by atomic mass is 127. The van der Waals surface area contributed by atoms with Gasteiger partial charge < -0.3 is 97.9 Å². The number of carbonyl (C=O) groups excluding carboxylic acids is 9. The van der Waals surface area contributed by atoms with Crippen LogP contribution in [0, 0.1) is 5.92 Å². The molecule has 0 bridgehead atoms. The summed E-state index contributed by atoms with van der Waals surface area (Å²) in [5.41, 5.74) is 4.29. The van der Waals surface area contributed by atoms with Crippen LogP contribution in [0.1, 0.15) is 180 Å². The fraction of sp³-hybridized carbons (Fsp3) is 0.770. The Hall–Kier alpha value is -6.93. The van der Waals surface area contributed by atoms with Crippen LogP contribution in [0.4, 0.5) is 0 Å². The van der Waals surface area contributed by atoms with Gasteiger partial charge in [0, 0.05) is 81.0 Å². The number of nitrogens with one attached hydrogen (secondary N) is 9. The summed E-state index contributed by atoms with van der Waals surface area (Å²) in [4.78, 5) is 169. The first-order chi connectivity index (χ1) is 45.7. The first-order valence-electron chi connectivity index (χ1n) is 32.8. The number of unbranched alkanes of at least 4 members (excludes halogenated alkanes) is 13. The van der Waals surface area contributed by atoms with Gasteiger partial charge in [-0.05, 0) is 70.6 Å². The van der Waals surface area contributed by atoms with E-state index in [0.717, 1.165) is 57.8 Å². The molecule has 548 valence electrons. The van der Waals surface area contributed by atoms with Gasteiger partial charge in [-0.15, -0.1) is 0 Å². The highest BCUT2D eigenvalue weighted by Crippen LogP contribution is 2.47. The third-order valence-corrected chi connectivity index (χ3v) is 16.3. The van der Waals surface area contributed by atoms with Crippen molar-refractivity contribution in [3.05, 3.63) is 0 Å². The van der Waals surface area contributed by atoms with Crippen molar-refractivity contribution in [2.24, 2.45) is 11.7 Å². The minimum atomic E-state index is -1.53. The van der Waals surface area contributed by atoms with Gasteiger partial charge in [-0.2, -0.15) is 0 Å². The van der Waals surface area contributed by atoms with E-state index >= 15 is 0 Å². The second-order valence-electron chi connectivity index (χ2n) is 23.4. The third-order valence-electron chi connectivity index (χ3n) is 15.4. The number of aliphatic hydroxyl groups excluding tert-OH is 1. The predicted molar refractivity (Wildman–Crippen MR) is 349 cm³/mol. The molecular weight excluding hydrogens is 1380 g/mol. The van der Waals surface area contributed by atoms with Crippen LogP contribution in [0.3, 0.4) is 0 Å². The van der Waals surface area contributed by atoms with E-state index in [4.69, 9.17) is 29.8 Å². The molecule has 0 aliphatic heterocycles. The van der Waals surface area contributed by atoms with Gasteiger partial charge in [-0.25, -0.2) is 22.7 Å². The molecule has 1 aliphatic rings. The average Bonchev–Trinajstić information content (AvgIpc) is 1.59. The number of amides is 9. The lowest BCUT2D eigenvalue weighted by molar-refractivity contribution is -0.144. The second kappa shape index (κ2) is 52.2. The van der Waals surface area contributed by atoms with Gasteiger partial charge in [0.1, 0.15) is 49.0 Å². The van der Waals surface area contributed by atoms with Crippen LogP contribution in [0.5, 0.6) is 0 Å². The molecule has 0 heterocycles. The number of hydrogen-bond acceptors (Lipinski definition) is 20. The van der Waals surface area contributed by atoms with Gasteiger partial charge in [0.05, 0.1) is 45.7 Å². The summed E-state index contributed by atoms with van der Waals surface area (Å²) < 4.78 is 24.1. The number of nitrogens with two attached hydrogens (primary N) is 1. The lowest BCUT2D eigenvalue weighted by atomic mass is 10.0. The number of halogens is 1. The zero-order valence-corrected chi connectivity index (χ0v) is 57.1. The maximum absolute atomic E-state index is 12.8. The average molecular weight is 1490 g/mol. The topological polar surface area (TPSA) is 532 Å². The first kappa shape index (κ1) is 87.1. The van der Waals surface area contributed by atoms with Crippen LogP contribution >= 0.6 is 22.9 Å². The molecule has 8 unspecified atom stereocenters. The van der Waals surface area contributed by atoms with Crippen LogP contribution < -0.4 is 51.8 Å². The molecule has 9 amide bonds. The Morgan fingerprint density at radius 2 is 0.771 bits per heavy atom. The summed E-state index contributed by atoms with van der Waals surface area (Å²) >= 11 is 1.82. The van der Waals surface area contributed by atoms with Crippen LogP contribution in [-0.4, -0.2) is 228 Å². The van der Waals surface area contributed by atoms with E-state index in [9.17, 15) is 92.7 Å². The number of primary amides is 1. The van der Waals surface area contributed by atoms with E-state index in [0.29, 0.717) is 25.7 Å². The number of carboxylic acids is 5. The minimum absolute atomic E-state index is 0.00250. The highest BCUT2D eigenvalue weighted by Gasteiger charge is 2.59. The Morgan fingerprint density at radius 1 is 0.427 bits per heavy atom. The van der Waals surface area contributed by atoms with Crippen LogP contribution in [-0.2, 0) is 86.1 Å². The maximum Gasteiger partial charge on any atom is 0.326 e. The standard InChI is InChI=1S/C61H103IN10O24/c1-40(73)54(55(63)83)71-60(92)61(72-62)37-41(61)17-16-28-64-46(74)24-20-42(56(84)85)68-50(78)27-23-45(59(90)91)70-52(80)39-96-36-34-94-32-30-66-51(79)38-95-35-33-93-31-29-65-47(75)25-21-43(57(86)87)69-49(77)26-22-44(58(88)89)67-48(76)18-14-12-10-8-6-4-2-3-5-7-9-11-13-15-19-53(81)82/h40-45,54,72-73H,2-39H2,1H3,(H2,63,83)(H,64,74)(H,65,75)(H,66,79)(H,67,76)(H,68,78)(H,69,77)(H,70,80)(H,71,92)(H,81,82)(H,84,85)(H,86,87)(H,88,89)(H,90,91). The zero-order valence-electron chi connectivity index (χ0n) is 54.9. The van der Waals surface area contributed by atoms with Crippen molar-refractivity contribution in [1.29, 1.82) is 0 Å². The molecule has 0 radical (unpaired) electrons. The number of carbonyl (C=O) groups is 14. The Kier molecular flexibility index (Phi) is 47.4. The molecule has 8 atom stereocenters. The van der Waals surface area contributed by atoms with Gasteiger partial charge in [0.25, 0.3) is 0 Å². The smallest absolute Gasteiger partial charge is 0.326 e. The highest BCUT2D eigenvalue weighted by molar-refractivity contribution is 14.1. The summed E-state index contributed by atoms with van der Waals surface area (Å²) in [6.45, 7) is 0.922. The van der Waals surface area contributed by atoms with Crippen molar-refractivity contribution in [3.8, 4) is 0 Å². The number of aliphatic carboxylic acids is 5. The number of rotatable bonds is 62. The Labute approximate surface area is 572 Å². The zero-order chi connectivity index (χ0) is 71.7. The fourth-order valence-electron chi connectivity index (χ4n) is 9.76. The van der Waals surface area contributed by atoms with E-state index in [2.05, 4.69) is 46.1 Å². The van der Waals surface area contributed by atoms with E-state index in [1.807, 2.05) is 22.9 Å². The van der Waals surface area contributed by atoms with Gasteiger partial charge in [0.2, 0.25) is 53.2 Å². The van der Waals surface area contributed by atoms with Crippen molar-refractivity contribution in [2.75, 3.05) is 72.5 Å². The minimum Gasteiger partial charge on any atom is -0.481 e. The summed E-state index contributed by atoms with van der Waals surface area (Å²) in [6, 6.07) is -7.07. The van der Waals surface area contributed by atoms with E-state index < -0.39 is 144 Å². The number of ether oxygens (including phenoxy) is 4. The van der Waals surface area contributed by atoms with Crippen molar-refractivity contribution in [1.82, 2.24) is 46.1 Å². The Bertz CT molecular complexity index is 2450. The monoisotopic (exact) mass is 1490 g/mol. The molecule has 1 aliphatic carbocycles. The van der Waals surface area contributed by atoms with Gasteiger partial charge in [0.15, 0.2) is 0 Å². The fourth-order valence-corrected chi connectivity index (χ4v) is 10.7. The lowest BCUT2D eigenvalue weighted by Gasteiger charge is -2.22. The van der Waals surface area contributed by atoms with Crippen molar-refractivity contribution < 1.29 is 117 Å². The predicted octanol–water partition coefficient (Wildman–Crippen LogP) is -0.0446. The molecule has 1 fully saturated rings. The van der Waals surface area contributed by atoms with Crippen LogP contribution in [0.2, 0.25) is 0 Å². The molecule has 0 saturated heterocycles. The number of aliphatic hydroxyl groups is 1. The Balaban J connectivity index is 2.15. The SMILES string of the molecule is CC(O)C(NC(=O)C1(NI)CC1CCCNC(=O)CCC(NC(=O)CCC(NC(=O)COCCOCCNC(=O)COCCOCCNC(=O)CCC(NC(=O)CCC(NC(=O)CCCCCCCCCCCCCCCCC(=O)O)C(=O)O)C(=O)O)C(=O)O)C(=O)O)C(N)=O. The van der Waals surface area contributed by atoms with E-state index in [1.165, 1.54) is 32.6 Å². The van der Waals surface area contributed by atoms with Crippen molar-refractivity contribution in [3.63, 3.8) is 0 Å². The molecule has 17 N–H and O–H groups in total. The molecule has 0 aromatic rings. The van der Waals surface area contributed by atoms with E-state index in [1.54, 1.807) is 0 Å². The number of hydrogen-bond donors (Lipinski definition) is 16. The maximum atomic E-state index is 12.8. The van der Waals surface area contributed by atoms with Crippen LogP contribution in [0.25, 0.3) is 0 Å². The number of carboxylic acid groups (broad SMARTS) is 5.